The number of carbonyl (C=O) groups excluding carboxylic acids is 1. The molecule has 0 amide bonds. The van der Waals surface area contributed by atoms with Gasteiger partial charge in [0, 0.05) is 12.8 Å². The highest BCUT2D eigenvalue weighted by atomic mass is 79.9. The monoisotopic (exact) mass is 230 g/mol. The maximum atomic E-state index is 9.99. The Morgan fingerprint density at radius 2 is 2.33 bits per heavy atom. The largest absolute Gasteiger partial charge is 0.468 e. The Bertz CT molecular complexity index is 242. The van der Waals surface area contributed by atoms with E-state index >= 15 is 0 Å². The third kappa shape index (κ3) is 3.22. The van der Waals surface area contributed by atoms with E-state index in [0.717, 1.165) is 35.8 Å². The summed E-state index contributed by atoms with van der Waals surface area (Å²) in [6.45, 7) is 0. The first-order valence-electron chi connectivity index (χ1n) is 3.99. The molecular weight excluding hydrogens is 220 g/mol. The van der Waals surface area contributed by atoms with Gasteiger partial charge in [-0.25, -0.2) is 0 Å². The summed E-state index contributed by atoms with van der Waals surface area (Å²) in [4.78, 5) is 9.99. The van der Waals surface area contributed by atoms with Crippen LogP contribution in [-0.2, 0) is 11.2 Å². The number of halogens is 1. The van der Waals surface area contributed by atoms with E-state index in [1.807, 2.05) is 6.07 Å². The molecule has 2 nitrogen and oxygen atoms in total. The van der Waals surface area contributed by atoms with E-state index in [9.17, 15) is 4.79 Å². The zero-order valence-corrected chi connectivity index (χ0v) is 8.34. The van der Waals surface area contributed by atoms with Gasteiger partial charge in [0.2, 0.25) is 0 Å². The van der Waals surface area contributed by atoms with Gasteiger partial charge in [-0.05, 0) is 34.8 Å². The number of hydrogen-bond donors (Lipinski definition) is 0. The predicted octanol–water partition coefficient (Wildman–Crippen LogP) is 2.95. The molecule has 0 bridgehead atoms. The molecule has 0 aliphatic rings. The van der Waals surface area contributed by atoms with Gasteiger partial charge in [-0.15, -0.1) is 0 Å². The quantitative estimate of drug-likeness (QED) is 0.576. The van der Waals surface area contributed by atoms with Gasteiger partial charge >= 0.3 is 0 Å². The molecule has 0 N–H and O–H groups in total. The van der Waals surface area contributed by atoms with Crippen molar-refractivity contribution in [1.29, 1.82) is 0 Å². The third-order valence-corrected chi connectivity index (χ3v) is 2.03. The lowest BCUT2D eigenvalue weighted by Gasteiger charge is -1.92. The minimum Gasteiger partial charge on any atom is -0.468 e. The standard InChI is InChI=1S/C9H11BrO2/c10-8-6-9(12-7-8)4-2-1-3-5-11/h5-7H,1-4H2. The lowest BCUT2D eigenvalue weighted by atomic mass is 10.2. The third-order valence-electron chi connectivity index (χ3n) is 1.62. The zero-order valence-electron chi connectivity index (χ0n) is 6.75. The van der Waals surface area contributed by atoms with Gasteiger partial charge in [0.1, 0.15) is 18.3 Å². The number of unbranched alkanes of at least 4 members (excludes halogenated alkanes) is 2. The molecule has 0 aromatic carbocycles. The smallest absolute Gasteiger partial charge is 0.119 e. The molecule has 0 unspecified atom stereocenters. The fraction of sp³-hybridized carbons (Fsp3) is 0.444. The van der Waals surface area contributed by atoms with Crippen LogP contribution in [0.5, 0.6) is 0 Å². The van der Waals surface area contributed by atoms with Crippen LogP contribution < -0.4 is 0 Å². The van der Waals surface area contributed by atoms with E-state index in [1.54, 1.807) is 6.26 Å². The zero-order chi connectivity index (χ0) is 8.81. The average Bonchev–Trinajstić information content (AvgIpc) is 2.45. The van der Waals surface area contributed by atoms with Crippen LogP contribution >= 0.6 is 15.9 Å². The molecule has 3 heteroatoms. The SMILES string of the molecule is O=CCCCCc1cc(Br)co1. The van der Waals surface area contributed by atoms with E-state index < -0.39 is 0 Å². The van der Waals surface area contributed by atoms with Gasteiger partial charge in [0.25, 0.3) is 0 Å². The minimum atomic E-state index is 0.655. The summed E-state index contributed by atoms with van der Waals surface area (Å²) >= 11 is 3.30. The first-order valence-corrected chi connectivity index (χ1v) is 4.79. The fourth-order valence-electron chi connectivity index (χ4n) is 1.01. The van der Waals surface area contributed by atoms with E-state index in [-0.39, 0.29) is 0 Å². The van der Waals surface area contributed by atoms with Crippen molar-refractivity contribution in [2.24, 2.45) is 0 Å². The summed E-state index contributed by atoms with van der Waals surface area (Å²) in [6.07, 6.45) is 6.16. The average molecular weight is 231 g/mol. The molecule has 1 aromatic rings. The van der Waals surface area contributed by atoms with E-state index in [4.69, 9.17) is 4.42 Å². The first kappa shape index (κ1) is 9.52. The number of aryl methyl sites for hydroxylation is 1. The normalized spacial score (nSPS) is 10.1. The summed E-state index contributed by atoms with van der Waals surface area (Å²) in [5, 5.41) is 0. The molecule has 66 valence electrons. The molecule has 0 fully saturated rings. The molecule has 1 aromatic heterocycles. The number of hydrogen-bond acceptors (Lipinski definition) is 2. The van der Waals surface area contributed by atoms with Crippen molar-refractivity contribution in [3.63, 3.8) is 0 Å². The Morgan fingerprint density at radius 1 is 1.50 bits per heavy atom. The van der Waals surface area contributed by atoms with Crippen LogP contribution in [-0.4, -0.2) is 6.29 Å². The Morgan fingerprint density at radius 3 is 2.92 bits per heavy atom. The van der Waals surface area contributed by atoms with Crippen LogP contribution in [0.1, 0.15) is 25.0 Å². The topological polar surface area (TPSA) is 30.2 Å². The maximum absolute atomic E-state index is 9.99. The van der Waals surface area contributed by atoms with Crippen molar-refractivity contribution in [2.75, 3.05) is 0 Å². The molecule has 0 saturated carbocycles. The highest BCUT2D eigenvalue weighted by molar-refractivity contribution is 9.10. The van der Waals surface area contributed by atoms with Crippen molar-refractivity contribution < 1.29 is 9.21 Å². The molecular formula is C9H11BrO2. The van der Waals surface area contributed by atoms with Crippen LogP contribution in [0.4, 0.5) is 0 Å². The summed E-state index contributed by atoms with van der Waals surface area (Å²) in [5.41, 5.74) is 0. The second-order valence-corrected chi connectivity index (χ2v) is 3.56. The van der Waals surface area contributed by atoms with E-state index in [2.05, 4.69) is 15.9 Å². The van der Waals surface area contributed by atoms with Crippen LogP contribution in [0.25, 0.3) is 0 Å². The van der Waals surface area contributed by atoms with Gasteiger partial charge in [-0.1, -0.05) is 0 Å². The predicted molar refractivity (Wildman–Crippen MR) is 50.0 cm³/mol. The number of aldehydes is 1. The van der Waals surface area contributed by atoms with Crippen molar-refractivity contribution in [2.45, 2.75) is 25.7 Å². The van der Waals surface area contributed by atoms with Gasteiger partial charge in [0.05, 0.1) is 4.47 Å². The Hall–Kier alpha value is -0.570. The molecule has 12 heavy (non-hydrogen) atoms. The van der Waals surface area contributed by atoms with Crippen LogP contribution in [0, 0.1) is 0 Å². The first-order chi connectivity index (χ1) is 5.83. The molecule has 0 atom stereocenters. The van der Waals surface area contributed by atoms with E-state index in [1.165, 1.54) is 0 Å². The number of furan rings is 1. The van der Waals surface area contributed by atoms with Crippen molar-refractivity contribution >= 4 is 22.2 Å². The molecule has 1 rings (SSSR count). The van der Waals surface area contributed by atoms with Gasteiger partial charge in [-0.2, -0.15) is 0 Å². The molecule has 0 aliphatic heterocycles. The van der Waals surface area contributed by atoms with Crippen LogP contribution in [0.3, 0.4) is 0 Å². The lowest BCUT2D eigenvalue weighted by Crippen LogP contribution is -1.82. The summed E-state index contributed by atoms with van der Waals surface area (Å²) in [7, 11) is 0. The fourth-order valence-corrected chi connectivity index (χ4v) is 1.36. The maximum Gasteiger partial charge on any atom is 0.119 e. The molecule has 0 radical (unpaired) electrons. The second-order valence-electron chi connectivity index (χ2n) is 2.64. The minimum absolute atomic E-state index is 0.655. The summed E-state index contributed by atoms with van der Waals surface area (Å²) < 4.78 is 6.19. The lowest BCUT2D eigenvalue weighted by molar-refractivity contribution is -0.107. The Kier molecular flexibility index (Phi) is 4.08. The van der Waals surface area contributed by atoms with Crippen LogP contribution in [0.2, 0.25) is 0 Å². The summed E-state index contributed by atoms with van der Waals surface area (Å²) in [6, 6.07) is 1.96. The van der Waals surface area contributed by atoms with Gasteiger partial charge in [-0.3, -0.25) is 0 Å². The Labute approximate surface area is 80.1 Å². The van der Waals surface area contributed by atoms with Crippen LogP contribution in [0.15, 0.2) is 21.2 Å². The molecule has 0 spiro atoms. The second kappa shape index (κ2) is 5.14. The van der Waals surface area contributed by atoms with Gasteiger partial charge < -0.3 is 9.21 Å². The number of carbonyl (C=O) groups is 1. The highest BCUT2D eigenvalue weighted by Crippen LogP contribution is 2.15. The molecule has 0 saturated heterocycles. The Balaban J connectivity index is 2.19. The highest BCUT2D eigenvalue weighted by Gasteiger charge is 1.98. The number of rotatable bonds is 5. The molecule has 0 aliphatic carbocycles. The van der Waals surface area contributed by atoms with Crippen molar-refractivity contribution in [3.8, 4) is 0 Å². The summed E-state index contributed by atoms with van der Waals surface area (Å²) in [5.74, 6) is 0.979. The van der Waals surface area contributed by atoms with E-state index in [0.29, 0.717) is 6.42 Å². The van der Waals surface area contributed by atoms with Crippen molar-refractivity contribution in [3.05, 3.63) is 22.6 Å². The molecule has 1 heterocycles. The van der Waals surface area contributed by atoms with Crippen molar-refractivity contribution in [1.82, 2.24) is 0 Å². The van der Waals surface area contributed by atoms with Gasteiger partial charge in [0.15, 0.2) is 0 Å².